The number of ether oxygens (including phenoxy) is 2. The maximum Gasteiger partial charge on any atom is 0.161 e. The molecule has 0 atom stereocenters. The molecule has 0 radical (unpaired) electrons. The lowest BCUT2D eigenvalue weighted by Crippen LogP contribution is -1.95. The van der Waals surface area contributed by atoms with Gasteiger partial charge in [0, 0.05) is 18.7 Å². The SMILES string of the molecule is COCCc1ccc(Oc2ccc(C(C)=O)c(Cl)c2)cc1. The van der Waals surface area contributed by atoms with Gasteiger partial charge in [-0.25, -0.2) is 0 Å². The Labute approximate surface area is 129 Å². The molecule has 21 heavy (non-hydrogen) atoms. The van der Waals surface area contributed by atoms with E-state index in [4.69, 9.17) is 21.1 Å². The maximum atomic E-state index is 11.3. The van der Waals surface area contributed by atoms with Crippen molar-refractivity contribution in [3.05, 3.63) is 58.6 Å². The highest BCUT2D eigenvalue weighted by Gasteiger charge is 2.07. The molecule has 0 bridgehead atoms. The van der Waals surface area contributed by atoms with Gasteiger partial charge >= 0.3 is 0 Å². The molecule has 0 heterocycles. The number of rotatable bonds is 6. The summed E-state index contributed by atoms with van der Waals surface area (Å²) in [5, 5.41) is 0.400. The number of benzene rings is 2. The fourth-order valence-corrected chi connectivity index (χ4v) is 2.23. The Balaban J connectivity index is 2.07. The molecule has 4 heteroatoms. The molecular formula is C17H17ClO3. The molecule has 0 aliphatic heterocycles. The van der Waals surface area contributed by atoms with E-state index in [0.29, 0.717) is 22.9 Å². The van der Waals surface area contributed by atoms with Crippen molar-refractivity contribution in [3.63, 3.8) is 0 Å². The van der Waals surface area contributed by atoms with Crippen molar-refractivity contribution in [2.45, 2.75) is 13.3 Å². The molecule has 0 aliphatic carbocycles. The molecular weight excluding hydrogens is 288 g/mol. The first kappa shape index (κ1) is 15.5. The van der Waals surface area contributed by atoms with Crippen molar-refractivity contribution < 1.29 is 14.3 Å². The van der Waals surface area contributed by atoms with Crippen molar-refractivity contribution in [1.29, 1.82) is 0 Å². The van der Waals surface area contributed by atoms with E-state index < -0.39 is 0 Å². The van der Waals surface area contributed by atoms with Gasteiger partial charge in [0.25, 0.3) is 0 Å². The standard InChI is InChI=1S/C17H17ClO3/c1-12(19)16-8-7-15(11-17(16)18)21-14-5-3-13(4-6-14)9-10-20-2/h3-8,11H,9-10H2,1-2H3. The van der Waals surface area contributed by atoms with Gasteiger partial charge < -0.3 is 9.47 Å². The fourth-order valence-electron chi connectivity index (χ4n) is 1.92. The Morgan fingerprint density at radius 1 is 1.10 bits per heavy atom. The number of hydrogen-bond donors (Lipinski definition) is 0. The first-order valence-electron chi connectivity index (χ1n) is 6.66. The maximum absolute atomic E-state index is 11.3. The fraction of sp³-hybridized carbons (Fsp3) is 0.235. The van der Waals surface area contributed by atoms with E-state index in [2.05, 4.69) is 0 Å². The van der Waals surface area contributed by atoms with Crippen LogP contribution in [0, 0.1) is 0 Å². The number of Topliss-reactive ketones (excluding diaryl/α,β-unsaturated/α-hetero) is 1. The minimum absolute atomic E-state index is 0.0611. The molecule has 0 fully saturated rings. The van der Waals surface area contributed by atoms with Gasteiger partial charge in [0.15, 0.2) is 5.78 Å². The van der Waals surface area contributed by atoms with E-state index in [-0.39, 0.29) is 5.78 Å². The Hall–Kier alpha value is -1.84. The molecule has 2 aromatic carbocycles. The summed E-state index contributed by atoms with van der Waals surface area (Å²) in [5.41, 5.74) is 1.69. The Bertz CT molecular complexity index is 620. The summed E-state index contributed by atoms with van der Waals surface area (Å²) in [4.78, 5) is 11.3. The first-order chi connectivity index (χ1) is 10.1. The normalized spacial score (nSPS) is 10.4. The molecule has 3 nitrogen and oxygen atoms in total. The number of carbonyl (C=O) groups is 1. The third-order valence-corrected chi connectivity index (χ3v) is 3.39. The van der Waals surface area contributed by atoms with Crippen molar-refractivity contribution >= 4 is 17.4 Å². The predicted molar refractivity (Wildman–Crippen MR) is 83.6 cm³/mol. The summed E-state index contributed by atoms with van der Waals surface area (Å²) in [5.74, 6) is 1.27. The lowest BCUT2D eigenvalue weighted by Gasteiger charge is -2.08. The topological polar surface area (TPSA) is 35.5 Å². The number of methoxy groups -OCH3 is 1. The van der Waals surface area contributed by atoms with Crippen molar-refractivity contribution in [2.24, 2.45) is 0 Å². The lowest BCUT2D eigenvalue weighted by molar-refractivity contribution is 0.101. The quantitative estimate of drug-likeness (QED) is 0.736. The van der Waals surface area contributed by atoms with Gasteiger partial charge in [-0.1, -0.05) is 23.7 Å². The van der Waals surface area contributed by atoms with Gasteiger partial charge in [-0.3, -0.25) is 4.79 Å². The van der Waals surface area contributed by atoms with Crippen LogP contribution >= 0.6 is 11.6 Å². The van der Waals surface area contributed by atoms with Crippen LogP contribution in [0.25, 0.3) is 0 Å². The van der Waals surface area contributed by atoms with E-state index in [1.165, 1.54) is 12.5 Å². The van der Waals surface area contributed by atoms with Gasteiger partial charge in [-0.2, -0.15) is 0 Å². The molecule has 2 rings (SSSR count). The van der Waals surface area contributed by atoms with Crippen LogP contribution in [0.2, 0.25) is 5.02 Å². The van der Waals surface area contributed by atoms with E-state index >= 15 is 0 Å². The van der Waals surface area contributed by atoms with Crippen LogP contribution in [0.15, 0.2) is 42.5 Å². The van der Waals surface area contributed by atoms with E-state index in [1.807, 2.05) is 24.3 Å². The second kappa shape index (κ2) is 7.25. The number of ketones is 1. The van der Waals surface area contributed by atoms with Crippen LogP contribution in [0.5, 0.6) is 11.5 Å². The zero-order valence-corrected chi connectivity index (χ0v) is 12.8. The second-order valence-corrected chi connectivity index (χ2v) is 5.09. The smallest absolute Gasteiger partial charge is 0.161 e. The van der Waals surface area contributed by atoms with Crippen molar-refractivity contribution in [1.82, 2.24) is 0 Å². The summed E-state index contributed by atoms with van der Waals surface area (Å²) < 4.78 is 10.8. The molecule has 0 spiro atoms. The summed E-state index contributed by atoms with van der Waals surface area (Å²) in [7, 11) is 1.69. The Kier molecular flexibility index (Phi) is 5.37. The number of halogens is 1. The lowest BCUT2D eigenvalue weighted by atomic mass is 10.1. The monoisotopic (exact) mass is 304 g/mol. The first-order valence-corrected chi connectivity index (χ1v) is 7.04. The molecule has 0 saturated heterocycles. The highest BCUT2D eigenvalue weighted by Crippen LogP contribution is 2.27. The van der Waals surface area contributed by atoms with Crippen LogP contribution in [0.1, 0.15) is 22.8 Å². The Morgan fingerprint density at radius 3 is 2.33 bits per heavy atom. The number of carbonyl (C=O) groups excluding carboxylic acids is 1. The third kappa shape index (κ3) is 4.31. The highest BCUT2D eigenvalue weighted by atomic mass is 35.5. The average Bonchev–Trinajstić information content (AvgIpc) is 2.46. The van der Waals surface area contributed by atoms with E-state index in [0.717, 1.165) is 12.2 Å². The molecule has 0 unspecified atom stereocenters. The van der Waals surface area contributed by atoms with Crippen LogP contribution in [0.3, 0.4) is 0 Å². The molecule has 2 aromatic rings. The van der Waals surface area contributed by atoms with Gasteiger partial charge in [-0.15, -0.1) is 0 Å². The predicted octanol–water partition coefficient (Wildman–Crippen LogP) is 4.52. The Morgan fingerprint density at radius 2 is 1.76 bits per heavy atom. The van der Waals surface area contributed by atoms with Crippen LogP contribution in [-0.2, 0) is 11.2 Å². The molecule has 0 aromatic heterocycles. The summed E-state index contributed by atoms with van der Waals surface area (Å²) in [6.07, 6.45) is 0.871. The van der Waals surface area contributed by atoms with Gasteiger partial charge in [0.1, 0.15) is 11.5 Å². The molecule has 0 aliphatic rings. The molecule has 0 N–H and O–H groups in total. The summed E-state index contributed by atoms with van der Waals surface area (Å²) in [6, 6.07) is 12.9. The van der Waals surface area contributed by atoms with E-state index in [9.17, 15) is 4.79 Å². The van der Waals surface area contributed by atoms with Crippen molar-refractivity contribution in [2.75, 3.05) is 13.7 Å². The van der Waals surface area contributed by atoms with Crippen LogP contribution in [-0.4, -0.2) is 19.5 Å². The molecule has 110 valence electrons. The van der Waals surface area contributed by atoms with Crippen molar-refractivity contribution in [3.8, 4) is 11.5 Å². The minimum Gasteiger partial charge on any atom is -0.457 e. The van der Waals surface area contributed by atoms with Gasteiger partial charge in [0.2, 0.25) is 0 Å². The minimum atomic E-state index is -0.0611. The highest BCUT2D eigenvalue weighted by molar-refractivity contribution is 6.34. The number of hydrogen-bond acceptors (Lipinski definition) is 3. The zero-order valence-electron chi connectivity index (χ0n) is 12.1. The third-order valence-electron chi connectivity index (χ3n) is 3.07. The summed E-state index contributed by atoms with van der Waals surface area (Å²) in [6.45, 7) is 2.18. The van der Waals surface area contributed by atoms with Crippen LogP contribution < -0.4 is 4.74 Å². The zero-order chi connectivity index (χ0) is 15.2. The van der Waals surface area contributed by atoms with Crippen LogP contribution in [0.4, 0.5) is 0 Å². The molecule has 0 amide bonds. The molecule has 0 saturated carbocycles. The van der Waals surface area contributed by atoms with E-state index in [1.54, 1.807) is 25.3 Å². The average molecular weight is 305 g/mol. The van der Waals surface area contributed by atoms with Gasteiger partial charge in [-0.05, 0) is 43.2 Å². The summed E-state index contributed by atoms with van der Waals surface area (Å²) >= 11 is 6.06. The largest absolute Gasteiger partial charge is 0.457 e. The van der Waals surface area contributed by atoms with Gasteiger partial charge in [0.05, 0.1) is 11.6 Å². The second-order valence-electron chi connectivity index (χ2n) is 4.69.